The molecule has 3 N–H and O–H groups in total. The van der Waals surface area contributed by atoms with E-state index in [0.29, 0.717) is 0 Å². The SMILES string of the molecule is COc1cccc(-c2cccc(-c3cnc(N)nc3NCCCN3CC=NC3)c2)c1. The standard InChI is InChI=1S/C23H26N6O/c1-30-20-8-3-6-18(14-20)17-5-2-7-19(13-17)21-15-27-23(24)28-22(21)26-9-4-11-29-12-10-25-16-29/h2-3,5-8,10,13-15H,4,9,11-12,16H2,1H3,(H3,24,26,27,28). The summed E-state index contributed by atoms with van der Waals surface area (Å²) in [5.74, 6) is 1.85. The average molecular weight is 403 g/mol. The summed E-state index contributed by atoms with van der Waals surface area (Å²) in [6.07, 6.45) is 4.74. The Balaban J connectivity index is 1.53. The topological polar surface area (TPSA) is 88.7 Å². The van der Waals surface area contributed by atoms with E-state index in [1.807, 2.05) is 30.5 Å². The van der Waals surface area contributed by atoms with E-state index in [0.717, 1.165) is 66.5 Å². The molecule has 0 aliphatic carbocycles. The van der Waals surface area contributed by atoms with Crippen molar-refractivity contribution in [3.05, 3.63) is 54.7 Å². The van der Waals surface area contributed by atoms with E-state index < -0.39 is 0 Å². The van der Waals surface area contributed by atoms with Crippen LogP contribution in [0.25, 0.3) is 22.3 Å². The molecule has 0 saturated carbocycles. The molecule has 2 aromatic carbocycles. The van der Waals surface area contributed by atoms with Crippen LogP contribution in [0.15, 0.2) is 59.7 Å². The Morgan fingerprint density at radius 3 is 2.70 bits per heavy atom. The molecular formula is C23H26N6O. The molecule has 0 radical (unpaired) electrons. The molecule has 0 amide bonds. The number of aromatic nitrogens is 2. The van der Waals surface area contributed by atoms with E-state index in [1.165, 1.54) is 0 Å². The third-order valence-electron chi connectivity index (χ3n) is 5.08. The van der Waals surface area contributed by atoms with Crippen molar-refractivity contribution in [2.24, 2.45) is 4.99 Å². The summed E-state index contributed by atoms with van der Waals surface area (Å²) in [4.78, 5) is 15.2. The lowest BCUT2D eigenvalue weighted by Gasteiger charge is -2.15. The monoisotopic (exact) mass is 402 g/mol. The molecule has 0 saturated heterocycles. The normalized spacial score (nSPS) is 13.5. The van der Waals surface area contributed by atoms with Crippen molar-refractivity contribution in [1.29, 1.82) is 0 Å². The third-order valence-corrected chi connectivity index (χ3v) is 5.08. The number of hydrogen-bond acceptors (Lipinski definition) is 7. The molecule has 0 atom stereocenters. The van der Waals surface area contributed by atoms with Crippen LogP contribution in [0, 0.1) is 0 Å². The Morgan fingerprint density at radius 2 is 1.90 bits per heavy atom. The van der Waals surface area contributed by atoms with E-state index in [4.69, 9.17) is 10.5 Å². The fourth-order valence-electron chi connectivity index (χ4n) is 3.49. The first kappa shape index (κ1) is 19.8. The van der Waals surface area contributed by atoms with E-state index >= 15 is 0 Å². The van der Waals surface area contributed by atoms with Gasteiger partial charge in [-0.1, -0.05) is 30.3 Å². The van der Waals surface area contributed by atoms with Crippen molar-refractivity contribution in [2.75, 3.05) is 44.5 Å². The van der Waals surface area contributed by atoms with Crippen LogP contribution < -0.4 is 15.8 Å². The zero-order chi connectivity index (χ0) is 20.8. The quantitative estimate of drug-likeness (QED) is 0.560. The highest BCUT2D eigenvalue weighted by atomic mass is 16.5. The van der Waals surface area contributed by atoms with Crippen molar-refractivity contribution in [3.8, 4) is 28.0 Å². The summed E-state index contributed by atoms with van der Waals surface area (Å²) in [5, 5.41) is 3.44. The molecular weight excluding hydrogens is 376 g/mol. The molecule has 1 aliphatic heterocycles. The Hall–Kier alpha value is -3.45. The van der Waals surface area contributed by atoms with Gasteiger partial charge in [-0.2, -0.15) is 4.98 Å². The van der Waals surface area contributed by atoms with Crippen LogP contribution in [-0.2, 0) is 0 Å². The highest BCUT2D eigenvalue weighted by Gasteiger charge is 2.11. The van der Waals surface area contributed by atoms with Gasteiger partial charge in [-0.25, -0.2) is 4.98 Å². The largest absolute Gasteiger partial charge is 0.497 e. The predicted molar refractivity (Wildman–Crippen MR) is 122 cm³/mol. The van der Waals surface area contributed by atoms with Gasteiger partial charge in [0.2, 0.25) is 5.95 Å². The molecule has 7 heteroatoms. The molecule has 0 unspecified atom stereocenters. The molecule has 0 spiro atoms. The van der Waals surface area contributed by atoms with Crippen LogP contribution in [0.4, 0.5) is 11.8 Å². The minimum Gasteiger partial charge on any atom is -0.497 e. The summed E-state index contributed by atoms with van der Waals surface area (Å²) < 4.78 is 5.36. The summed E-state index contributed by atoms with van der Waals surface area (Å²) in [5.41, 5.74) is 10.0. The number of rotatable bonds is 8. The first-order chi connectivity index (χ1) is 14.7. The second kappa shape index (κ2) is 9.37. The summed E-state index contributed by atoms with van der Waals surface area (Å²) in [7, 11) is 1.68. The van der Waals surface area contributed by atoms with Gasteiger partial charge in [-0.3, -0.25) is 9.89 Å². The Bertz CT molecular complexity index is 1030. The minimum absolute atomic E-state index is 0.262. The molecule has 1 aromatic heterocycles. The number of benzene rings is 2. The van der Waals surface area contributed by atoms with Crippen LogP contribution in [0.3, 0.4) is 0 Å². The van der Waals surface area contributed by atoms with Gasteiger partial charge in [0.25, 0.3) is 0 Å². The number of nitrogen functional groups attached to an aromatic ring is 1. The molecule has 7 nitrogen and oxygen atoms in total. The van der Waals surface area contributed by atoms with Crippen LogP contribution in [0.1, 0.15) is 6.42 Å². The highest BCUT2D eigenvalue weighted by Crippen LogP contribution is 2.31. The Labute approximate surface area is 176 Å². The Kier molecular flexibility index (Phi) is 6.20. The number of ether oxygens (including phenoxy) is 1. The fourth-order valence-corrected chi connectivity index (χ4v) is 3.49. The number of methoxy groups -OCH3 is 1. The lowest BCUT2D eigenvalue weighted by molar-refractivity contribution is 0.341. The predicted octanol–water partition coefficient (Wildman–Crippen LogP) is 3.55. The summed E-state index contributed by atoms with van der Waals surface area (Å²) in [6.45, 7) is 3.52. The van der Waals surface area contributed by atoms with E-state index in [9.17, 15) is 0 Å². The van der Waals surface area contributed by atoms with Gasteiger partial charge in [0.05, 0.1) is 13.8 Å². The van der Waals surface area contributed by atoms with Crippen molar-refractivity contribution in [1.82, 2.24) is 14.9 Å². The fraction of sp³-hybridized carbons (Fsp3) is 0.261. The number of nitrogens with one attached hydrogen (secondary N) is 1. The van der Waals surface area contributed by atoms with Gasteiger partial charge >= 0.3 is 0 Å². The van der Waals surface area contributed by atoms with Gasteiger partial charge in [0.1, 0.15) is 11.6 Å². The van der Waals surface area contributed by atoms with Crippen molar-refractivity contribution >= 4 is 18.0 Å². The number of nitrogens with zero attached hydrogens (tertiary/aromatic N) is 4. The highest BCUT2D eigenvalue weighted by molar-refractivity contribution is 5.79. The molecule has 1 aliphatic rings. The van der Waals surface area contributed by atoms with Gasteiger partial charge in [0, 0.05) is 37.6 Å². The first-order valence-electron chi connectivity index (χ1n) is 10.0. The van der Waals surface area contributed by atoms with Crippen LogP contribution >= 0.6 is 0 Å². The van der Waals surface area contributed by atoms with E-state index in [2.05, 4.69) is 49.4 Å². The maximum Gasteiger partial charge on any atom is 0.221 e. The average Bonchev–Trinajstić information content (AvgIpc) is 3.30. The molecule has 3 aromatic rings. The van der Waals surface area contributed by atoms with Crippen LogP contribution in [0.5, 0.6) is 5.75 Å². The minimum atomic E-state index is 0.262. The Morgan fingerprint density at radius 1 is 1.10 bits per heavy atom. The van der Waals surface area contributed by atoms with E-state index in [1.54, 1.807) is 13.3 Å². The number of hydrogen-bond donors (Lipinski definition) is 2. The van der Waals surface area contributed by atoms with Gasteiger partial charge in [0.15, 0.2) is 0 Å². The van der Waals surface area contributed by atoms with Crippen molar-refractivity contribution in [3.63, 3.8) is 0 Å². The second-order valence-electron chi connectivity index (χ2n) is 7.17. The van der Waals surface area contributed by atoms with Crippen molar-refractivity contribution in [2.45, 2.75) is 6.42 Å². The number of aliphatic imine (C=N–C) groups is 1. The zero-order valence-corrected chi connectivity index (χ0v) is 17.1. The first-order valence-corrected chi connectivity index (χ1v) is 10.0. The number of nitrogens with two attached hydrogens (primary N) is 1. The number of anilines is 2. The van der Waals surface area contributed by atoms with Crippen molar-refractivity contribution < 1.29 is 4.74 Å². The van der Waals surface area contributed by atoms with Gasteiger partial charge < -0.3 is 15.8 Å². The second-order valence-corrected chi connectivity index (χ2v) is 7.17. The summed E-state index contributed by atoms with van der Waals surface area (Å²) in [6, 6.07) is 16.4. The lowest BCUT2D eigenvalue weighted by Crippen LogP contribution is -2.23. The lowest BCUT2D eigenvalue weighted by atomic mass is 10.00. The van der Waals surface area contributed by atoms with Gasteiger partial charge in [-0.05, 0) is 41.3 Å². The van der Waals surface area contributed by atoms with Crippen LogP contribution in [0.2, 0.25) is 0 Å². The maximum atomic E-state index is 5.86. The van der Waals surface area contributed by atoms with Crippen LogP contribution in [-0.4, -0.2) is 54.5 Å². The molecule has 4 rings (SSSR count). The van der Waals surface area contributed by atoms with Gasteiger partial charge in [-0.15, -0.1) is 0 Å². The molecule has 30 heavy (non-hydrogen) atoms. The molecule has 0 bridgehead atoms. The van der Waals surface area contributed by atoms with E-state index in [-0.39, 0.29) is 5.95 Å². The zero-order valence-electron chi connectivity index (χ0n) is 17.1. The smallest absolute Gasteiger partial charge is 0.221 e. The molecule has 154 valence electrons. The molecule has 0 fully saturated rings. The molecule has 2 heterocycles. The maximum absolute atomic E-state index is 5.86. The summed E-state index contributed by atoms with van der Waals surface area (Å²) >= 11 is 0. The third kappa shape index (κ3) is 4.75.